The van der Waals surface area contributed by atoms with E-state index in [9.17, 15) is 8.42 Å². The topological polar surface area (TPSA) is 82.6 Å². The van der Waals surface area contributed by atoms with Crippen LogP contribution in [0.5, 0.6) is 0 Å². The maximum Gasteiger partial charge on any atom is 0.240 e. The van der Waals surface area contributed by atoms with Gasteiger partial charge < -0.3 is 10.6 Å². The fourth-order valence-electron chi connectivity index (χ4n) is 3.46. The molecule has 1 saturated carbocycles. The molecule has 0 spiro atoms. The van der Waals surface area contributed by atoms with Crippen molar-refractivity contribution in [1.29, 1.82) is 0 Å². The summed E-state index contributed by atoms with van der Waals surface area (Å²) < 4.78 is 25.9. The monoisotopic (exact) mass is 508 g/mol. The van der Waals surface area contributed by atoms with E-state index >= 15 is 0 Å². The van der Waals surface area contributed by atoms with Crippen molar-refractivity contribution in [2.24, 2.45) is 10.4 Å². The molecule has 27 heavy (non-hydrogen) atoms. The van der Waals surface area contributed by atoms with E-state index < -0.39 is 10.0 Å². The molecule has 2 rings (SSSR count). The zero-order chi connectivity index (χ0) is 19.0. The number of nitrogens with zero attached hydrogens (tertiary/aromatic N) is 1. The number of rotatable bonds is 8. The Labute approximate surface area is 181 Å². The number of aliphatic imine (C=N–C) groups is 1. The molecule has 154 valence electrons. The average molecular weight is 508 g/mol. The van der Waals surface area contributed by atoms with Crippen LogP contribution in [0.15, 0.2) is 34.2 Å². The zero-order valence-electron chi connectivity index (χ0n) is 16.5. The SMILES string of the molecule is CCNC(=NCc1ccc(S(=O)(=O)NC)cc1)NCC1(CC)CCCC1.I. The molecule has 3 N–H and O–H groups in total. The molecule has 0 bridgehead atoms. The molecule has 0 unspecified atom stereocenters. The number of nitrogens with one attached hydrogen (secondary N) is 3. The first kappa shape index (κ1) is 24.2. The first-order chi connectivity index (χ1) is 12.4. The van der Waals surface area contributed by atoms with Gasteiger partial charge in [0, 0.05) is 13.1 Å². The molecular formula is C19H33IN4O2S. The van der Waals surface area contributed by atoms with Gasteiger partial charge in [-0.2, -0.15) is 0 Å². The maximum atomic E-state index is 11.8. The van der Waals surface area contributed by atoms with E-state index in [4.69, 9.17) is 0 Å². The van der Waals surface area contributed by atoms with Crippen LogP contribution in [0.1, 0.15) is 51.5 Å². The molecule has 0 atom stereocenters. The van der Waals surface area contributed by atoms with Gasteiger partial charge in [-0.15, -0.1) is 24.0 Å². The van der Waals surface area contributed by atoms with Crippen molar-refractivity contribution >= 4 is 40.0 Å². The quantitative estimate of drug-likeness (QED) is 0.286. The molecule has 0 heterocycles. The lowest BCUT2D eigenvalue weighted by Gasteiger charge is -2.28. The lowest BCUT2D eigenvalue weighted by molar-refractivity contribution is 0.283. The Hall–Kier alpha value is -0.870. The Balaban J connectivity index is 0.00000364. The van der Waals surface area contributed by atoms with E-state index in [2.05, 4.69) is 34.2 Å². The summed E-state index contributed by atoms with van der Waals surface area (Å²) in [6.07, 6.45) is 6.42. The Bertz CT molecular complexity index is 699. The van der Waals surface area contributed by atoms with Gasteiger partial charge in [0.1, 0.15) is 0 Å². The van der Waals surface area contributed by atoms with Gasteiger partial charge in [0.2, 0.25) is 10.0 Å². The third-order valence-electron chi connectivity index (χ3n) is 5.31. The van der Waals surface area contributed by atoms with Gasteiger partial charge in [-0.3, -0.25) is 0 Å². The van der Waals surface area contributed by atoms with Gasteiger partial charge >= 0.3 is 0 Å². The van der Waals surface area contributed by atoms with Crippen LogP contribution >= 0.6 is 24.0 Å². The third-order valence-corrected chi connectivity index (χ3v) is 6.74. The zero-order valence-corrected chi connectivity index (χ0v) is 19.7. The van der Waals surface area contributed by atoms with Crippen molar-refractivity contribution in [2.45, 2.75) is 57.4 Å². The highest BCUT2D eigenvalue weighted by molar-refractivity contribution is 14.0. The average Bonchev–Trinajstić information content (AvgIpc) is 3.14. The van der Waals surface area contributed by atoms with E-state index in [1.807, 2.05) is 12.1 Å². The molecule has 6 nitrogen and oxygen atoms in total. The summed E-state index contributed by atoms with van der Waals surface area (Å²) in [7, 11) is -1.98. The van der Waals surface area contributed by atoms with Crippen molar-refractivity contribution in [3.05, 3.63) is 29.8 Å². The lowest BCUT2D eigenvalue weighted by atomic mass is 9.83. The Kier molecular flexibility index (Phi) is 10.0. The predicted molar refractivity (Wildman–Crippen MR) is 122 cm³/mol. The van der Waals surface area contributed by atoms with E-state index in [-0.39, 0.29) is 28.9 Å². The van der Waals surface area contributed by atoms with Crippen LogP contribution in [0, 0.1) is 5.41 Å². The van der Waals surface area contributed by atoms with Crippen molar-refractivity contribution in [3.63, 3.8) is 0 Å². The van der Waals surface area contributed by atoms with E-state index in [1.54, 1.807) is 12.1 Å². The minimum atomic E-state index is -3.39. The minimum absolute atomic E-state index is 0. The van der Waals surface area contributed by atoms with Crippen LogP contribution in [0.4, 0.5) is 0 Å². The normalized spacial score (nSPS) is 16.6. The molecule has 8 heteroatoms. The molecule has 0 aliphatic heterocycles. The maximum absolute atomic E-state index is 11.8. The van der Waals surface area contributed by atoms with E-state index in [0.29, 0.717) is 12.0 Å². The number of hydrogen-bond acceptors (Lipinski definition) is 3. The lowest BCUT2D eigenvalue weighted by Crippen LogP contribution is -2.42. The molecule has 0 radical (unpaired) electrons. The van der Waals surface area contributed by atoms with Crippen molar-refractivity contribution in [2.75, 3.05) is 20.1 Å². The van der Waals surface area contributed by atoms with Crippen LogP contribution in [-0.2, 0) is 16.6 Å². The van der Waals surface area contributed by atoms with Crippen molar-refractivity contribution in [3.8, 4) is 0 Å². The molecule has 1 fully saturated rings. The number of guanidine groups is 1. The molecule has 1 aliphatic carbocycles. The largest absolute Gasteiger partial charge is 0.357 e. The molecule has 1 aromatic carbocycles. The molecule has 0 saturated heterocycles. The number of benzene rings is 1. The summed E-state index contributed by atoms with van der Waals surface area (Å²) in [5, 5.41) is 6.80. The third kappa shape index (κ3) is 6.90. The smallest absolute Gasteiger partial charge is 0.240 e. The van der Waals surface area contributed by atoms with Gasteiger partial charge in [0.25, 0.3) is 0 Å². The van der Waals surface area contributed by atoms with Gasteiger partial charge in [-0.1, -0.05) is 31.9 Å². The van der Waals surface area contributed by atoms with Crippen LogP contribution in [0.25, 0.3) is 0 Å². The van der Waals surface area contributed by atoms with E-state index in [0.717, 1.165) is 24.6 Å². The fraction of sp³-hybridized carbons (Fsp3) is 0.632. The summed E-state index contributed by atoms with van der Waals surface area (Å²) in [4.78, 5) is 4.92. The van der Waals surface area contributed by atoms with Crippen molar-refractivity contribution < 1.29 is 8.42 Å². The predicted octanol–water partition coefficient (Wildman–Crippen LogP) is 3.24. The molecule has 0 amide bonds. The first-order valence-electron chi connectivity index (χ1n) is 9.49. The second-order valence-corrected chi connectivity index (χ2v) is 8.85. The highest BCUT2D eigenvalue weighted by Gasteiger charge is 2.31. The Morgan fingerprint density at radius 2 is 1.74 bits per heavy atom. The van der Waals surface area contributed by atoms with Crippen molar-refractivity contribution in [1.82, 2.24) is 15.4 Å². The molecule has 1 aliphatic rings. The summed E-state index contributed by atoms with van der Waals surface area (Å²) >= 11 is 0. The molecule has 1 aromatic rings. The minimum Gasteiger partial charge on any atom is -0.357 e. The van der Waals surface area contributed by atoms with Gasteiger partial charge in [0.15, 0.2) is 5.96 Å². The summed E-state index contributed by atoms with van der Waals surface area (Å²) in [5.41, 5.74) is 1.38. The summed E-state index contributed by atoms with van der Waals surface area (Å²) in [6, 6.07) is 6.84. The van der Waals surface area contributed by atoms with Crippen LogP contribution in [-0.4, -0.2) is 34.5 Å². The standard InChI is InChI=1S/C19H32N4O2S.HI/c1-4-19(12-6-7-13-19)15-23-18(21-5-2)22-14-16-8-10-17(11-9-16)26(24,25)20-3;/h8-11,20H,4-7,12-15H2,1-3H3,(H2,21,22,23);1H. The van der Waals surface area contributed by atoms with Gasteiger partial charge in [-0.05, 0) is 56.3 Å². The summed E-state index contributed by atoms with van der Waals surface area (Å²) in [6.45, 7) is 6.60. The number of hydrogen-bond donors (Lipinski definition) is 3. The second-order valence-electron chi connectivity index (χ2n) is 6.96. The number of sulfonamides is 1. The van der Waals surface area contributed by atoms with Gasteiger partial charge in [0.05, 0.1) is 11.4 Å². The molecular weight excluding hydrogens is 475 g/mol. The van der Waals surface area contributed by atoms with Gasteiger partial charge in [-0.25, -0.2) is 18.1 Å². The number of halogens is 1. The fourth-order valence-corrected chi connectivity index (χ4v) is 4.19. The van der Waals surface area contributed by atoms with Crippen LogP contribution in [0.2, 0.25) is 0 Å². The van der Waals surface area contributed by atoms with Crippen LogP contribution in [0.3, 0.4) is 0 Å². The molecule has 0 aromatic heterocycles. The second kappa shape index (κ2) is 11.2. The Morgan fingerprint density at radius 3 is 2.26 bits per heavy atom. The summed E-state index contributed by atoms with van der Waals surface area (Å²) in [5.74, 6) is 0.819. The Morgan fingerprint density at radius 1 is 1.11 bits per heavy atom. The first-order valence-corrected chi connectivity index (χ1v) is 11.0. The highest BCUT2D eigenvalue weighted by atomic mass is 127. The van der Waals surface area contributed by atoms with E-state index in [1.165, 1.54) is 39.2 Å². The van der Waals surface area contributed by atoms with Crippen LogP contribution < -0.4 is 15.4 Å². The highest BCUT2D eigenvalue weighted by Crippen LogP contribution is 2.40.